The Morgan fingerprint density at radius 3 is 2.59 bits per heavy atom. The number of fused-ring (bicyclic) bond motifs is 1. The predicted molar refractivity (Wildman–Crippen MR) is 119 cm³/mol. The molecule has 1 aromatic heterocycles. The molecule has 0 atom stereocenters. The Hall–Kier alpha value is -3.09. The topological polar surface area (TPSA) is 128 Å². The summed E-state index contributed by atoms with van der Waals surface area (Å²) >= 11 is 11.7. The monoisotopic (exact) mass is 512 g/mol. The molecule has 1 fully saturated rings. The van der Waals surface area contributed by atoms with Crippen LogP contribution in [-0.4, -0.2) is 55.3 Å². The highest BCUT2D eigenvalue weighted by Crippen LogP contribution is 2.39. The van der Waals surface area contributed by atoms with Gasteiger partial charge in [-0.15, -0.1) is 0 Å². The van der Waals surface area contributed by atoms with E-state index in [0.717, 1.165) is 0 Å². The molecule has 0 bridgehead atoms. The van der Waals surface area contributed by atoms with E-state index < -0.39 is 29.6 Å². The van der Waals surface area contributed by atoms with Gasteiger partial charge in [0.05, 0.1) is 21.2 Å². The summed E-state index contributed by atoms with van der Waals surface area (Å²) in [5.41, 5.74) is 0.554. The molecule has 0 spiro atoms. The number of carbonyl (C=O) groups is 1. The first kappa shape index (κ1) is 24.0. The molecule has 2 heterocycles. The van der Waals surface area contributed by atoms with Gasteiger partial charge in [-0.05, 0) is 18.2 Å². The molecular formula is C21H16Cl2F2N4O5. The Morgan fingerprint density at radius 2 is 1.94 bits per heavy atom. The van der Waals surface area contributed by atoms with Crippen LogP contribution in [0.2, 0.25) is 10.0 Å². The number of hydrogen-bond acceptors (Lipinski definition) is 8. The SMILES string of the molecule is C=C(F)C(=O)N1CC(c2cc3c(Nc4ccc(Cl)c(Cl)c4F)ncnc3cc2OC(O)(O)O)C1. The molecule has 13 heteroatoms. The Morgan fingerprint density at radius 1 is 1.24 bits per heavy atom. The van der Waals surface area contributed by atoms with Crippen LogP contribution in [-0.2, 0) is 4.79 Å². The van der Waals surface area contributed by atoms with E-state index >= 15 is 0 Å². The number of nitrogens with one attached hydrogen (secondary N) is 1. The number of ether oxygens (including phenoxy) is 1. The Kier molecular flexibility index (Phi) is 6.32. The number of rotatable bonds is 6. The Balaban J connectivity index is 1.76. The standard InChI is InChI=1S/C21H16Cl2F2N4O5/c1-9(24)20(30)29-6-10(7-29)11-4-12-15(5-16(11)34-21(31,32)33)26-8-27-19(12)28-14-3-2-13(22)17(23)18(14)25/h2-5,8,10,31-33H,1,6-7H2,(H,26,27,28). The van der Waals surface area contributed by atoms with Gasteiger partial charge in [0, 0.05) is 36.0 Å². The van der Waals surface area contributed by atoms with Crippen molar-refractivity contribution in [2.24, 2.45) is 0 Å². The van der Waals surface area contributed by atoms with E-state index in [1.165, 1.54) is 35.5 Å². The summed E-state index contributed by atoms with van der Waals surface area (Å²) in [5, 5.41) is 30.9. The van der Waals surface area contributed by atoms with Gasteiger partial charge in [-0.2, -0.15) is 0 Å². The molecule has 4 N–H and O–H groups in total. The number of amides is 1. The van der Waals surface area contributed by atoms with Gasteiger partial charge in [0.15, 0.2) is 11.6 Å². The predicted octanol–water partition coefficient (Wildman–Crippen LogP) is 3.20. The first-order valence-electron chi connectivity index (χ1n) is 9.63. The molecule has 178 valence electrons. The lowest BCUT2D eigenvalue weighted by atomic mass is 9.89. The molecular weight excluding hydrogens is 497 g/mol. The van der Waals surface area contributed by atoms with Gasteiger partial charge in [-0.25, -0.2) is 18.7 Å². The number of hydrogen-bond donors (Lipinski definition) is 4. The maximum atomic E-state index is 14.6. The lowest BCUT2D eigenvalue weighted by molar-refractivity contribution is -0.419. The normalized spacial score (nSPS) is 14.1. The smallest absolute Gasteiger partial charge is 0.416 e. The van der Waals surface area contributed by atoms with Crippen LogP contribution in [0.1, 0.15) is 11.5 Å². The van der Waals surface area contributed by atoms with Gasteiger partial charge in [0.25, 0.3) is 5.91 Å². The fourth-order valence-electron chi connectivity index (χ4n) is 3.52. The average Bonchev–Trinajstić information content (AvgIpc) is 2.72. The highest BCUT2D eigenvalue weighted by atomic mass is 35.5. The lowest BCUT2D eigenvalue weighted by Gasteiger charge is -2.39. The second kappa shape index (κ2) is 8.93. The minimum absolute atomic E-state index is 0.0155. The first-order valence-corrected chi connectivity index (χ1v) is 10.4. The lowest BCUT2D eigenvalue weighted by Crippen LogP contribution is -2.48. The summed E-state index contributed by atoms with van der Waals surface area (Å²) in [6, 6.07) is 5.59. The summed E-state index contributed by atoms with van der Waals surface area (Å²) < 4.78 is 32.6. The molecule has 0 aliphatic carbocycles. The van der Waals surface area contributed by atoms with Gasteiger partial charge in [-0.1, -0.05) is 29.8 Å². The summed E-state index contributed by atoms with van der Waals surface area (Å²) in [6.07, 6.45) is -2.32. The fraction of sp³-hybridized carbons (Fsp3) is 0.190. The number of nitrogens with zero attached hydrogens (tertiary/aromatic N) is 3. The molecule has 1 saturated heterocycles. The van der Waals surface area contributed by atoms with E-state index in [-0.39, 0.29) is 45.9 Å². The molecule has 0 radical (unpaired) electrons. The molecule has 1 aliphatic rings. The molecule has 3 aromatic rings. The van der Waals surface area contributed by atoms with E-state index in [1.54, 1.807) is 0 Å². The molecule has 9 nitrogen and oxygen atoms in total. The van der Waals surface area contributed by atoms with Crippen LogP contribution in [0.4, 0.5) is 20.3 Å². The molecule has 1 amide bonds. The molecule has 1 aliphatic heterocycles. The Labute approximate surface area is 200 Å². The first-order chi connectivity index (χ1) is 15.9. The van der Waals surface area contributed by atoms with Crippen molar-refractivity contribution in [3.63, 3.8) is 0 Å². The van der Waals surface area contributed by atoms with Crippen LogP contribution >= 0.6 is 23.2 Å². The van der Waals surface area contributed by atoms with Crippen molar-refractivity contribution in [1.82, 2.24) is 14.9 Å². The zero-order valence-corrected chi connectivity index (χ0v) is 18.6. The average molecular weight is 513 g/mol. The molecule has 0 unspecified atom stereocenters. The number of halogens is 4. The van der Waals surface area contributed by atoms with Crippen LogP contribution in [0.25, 0.3) is 10.9 Å². The summed E-state index contributed by atoms with van der Waals surface area (Å²) in [7, 11) is 0. The van der Waals surface area contributed by atoms with Crippen LogP contribution in [0.3, 0.4) is 0 Å². The molecule has 2 aromatic carbocycles. The number of aliphatic hydroxyl groups is 3. The van der Waals surface area contributed by atoms with E-state index in [4.69, 9.17) is 27.9 Å². The molecule has 34 heavy (non-hydrogen) atoms. The highest BCUT2D eigenvalue weighted by molar-refractivity contribution is 6.42. The van der Waals surface area contributed by atoms with Crippen LogP contribution in [0, 0.1) is 5.82 Å². The third kappa shape index (κ3) is 4.74. The fourth-order valence-corrected chi connectivity index (χ4v) is 3.83. The number of carbonyl (C=O) groups excluding carboxylic acids is 1. The minimum atomic E-state index is -3.49. The van der Waals surface area contributed by atoms with Crippen LogP contribution < -0.4 is 10.1 Å². The summed E-state index contributed by atoms with van der Waals surface area (Å²) in [4.78, 5) is 21.2. The number of anilines is 2. The van der Waals surface area contributed by atoms with Gasteiger partial charge >= 0.3 is 6.16 Å². The van der Waals surface area contributed by atoms with Crippen molar-refractivity contribution in [3.05, 3.63) is 64.4 Å². The van der Waals surface area contributed by atoms with Gasteiger partial charge in [-0.3, -0.25) is 4.79 Å². The third-order valence-corrected chi connectivity index (χ3v) is 5.92. The van der Waals surface area contributed by atoms with Crippen molar-refractivity contribution in [1.29, 1.82) is 0 Å². The van der Waals surface area contributed by atoms with Crippen molar-refractivity contribution in [2.75, 3.05) is 18.4 Å². The summed E-state index contributed by atoms with van der Waals surface area (Å²) in [6.45, 7) is 3.11. The maximum Gasteiger partial charge on any atom is 0.453 e. The van der Waals surface area contributed by atoms with Crippen molar-refractivity contribution in [2.45, 2.75) is 12.1 Å². The second-order valence-corrected chi connectivity index (χ2v) is 8.25. The van der Waals surface area contributed by atoms with E-state index in [0.29, 0.717) is 10.9 Å². The molecule has 4 rings (SSSR count). The summed E-state index contributed by atoms with van der Waals surface area (Å²) in [5.74, 6) is -3.20. The van der Waals surface area contributed by atoms with E-state index in [9.17, 15) is 28.9 Å². The largest absolute Gasteiger partial charge is 0.453 e. The third-order valence-electron chi connectivity index (χ3n) is 5.14. The second-order valence-electron chi connectivity index (χ2n) is 7.47. The highest BCUT2D eigenvalue weighted by Gasteiger charge is 2.36. The minimum Gasteiger partial charge on any atom is -0.416 e. The zero-order chi connectivity index (χ0) is 24.8. The van der Waals surface area contributed by atoms with E-state index in [1.807, 2.05) is 0 Å². The van der Waals surface area contributed by atoms with Crippen molar-refractivity contribution < 1.29 is 33.6 Å². The number of aromatic nitrogens is 2. The zero-order valence-electron chi connectivity index (χ0n) is 17.1. The van der Waals surface area contributed by atoms with Gasteiger partial charge in [0.2, 0.25) is 0 Å². The number of benzene rings is 2. The van der Waals surface area contributed by atoms with Gasteiger partial charge < -0.3 is 30.3 Å². The van der Waals surface area contributed by atoms with Crippen LogP contribution in [0.5, 0.6) is 5.75 Å². The Bertz CT molecular complexity index is 1310. The molecule has 0 saturated carbocycles. The van der Waals surface area contributed by atoms with Crippen LogP contribution in [0.15, 0.2) is 43.0 Å². The maximum absolute atomic E-state index is 14.6. The van der Waals surface area contributed by atoms with Gasteiger partial charge in [0.1, 0.15) is 17.9 Å². The quantitative estimate of drug-likeness (QED) is 0.225. The van der Waals surface area contributed by atoms with Crippen molar-refractivity contribution in [3.8, 4) is 5.75 Å². The van der Waals surface area contributed by atoms with Crippen molar-refractivity contribution >= 4 is 51.5 Å². The van der Waals surface area contributed by atoms with E-state index in [2.05, 4.69) is 21.9 Å². The number of likely N-dealkylation sites (tertiary alicyclic amines) is 1.